The van der Waals surface area contributed by atoms with E-state index in [4.69, 9.17) is 4.52 Å². The zero-order valence-corrected chi connectivity index (χ0v) is 17.0. The van der Waals surface area contributed by atoms with E-state index in [1.54, 1.807) is 6.07 Å². The highest BCUT2D eigenvalue weighted by Crippen LogP contribution is 2.13. The fraction of sp³-hybridized carbons (Fsp3) is 0.706. The summed E-state index contributed by atoms with van der Waals surface area (Å²) < 4.78 is 31.3. The van der Waals surface area contributed by atoms with Crippen molar-refractivity contribution >= 4 is 21.9 Å². The van der Waals surface area contributed by atoms with Crippen molar-refractivity contribution in [1.29, 1.82) is 0 Å². The first-order valence-corrected chi connectivity index (χ1v) is 11.3. The SMILES string of the molecule is CCNC(=NCC(=O)N1CCCC1)N1CCN(S(=O)(=O)Cc2ccon2)CC1. The van der Waals surface area contributed by atoms with E-state index in [1.165, 1.54) is 10.6 Å². The highest BCUT2D eigenvalue weighted by molar-refractivity contribution is 7.88. The number of piperazine rings is 1. The van der Waals surface area contributed by atoms with Crippen LogP contribution in [0.3, 0.4) is 0 Å². The minimum atomic E-state index is -3.44. The predicted octanol–water partition coefficient (Wildman–Crippen LogP) is -0.290. The first-order valence-electron chi connectivity index (χ1n) is 9.67. The van der Waals surface area contributed by atoms with Crippen LogP contribution in [-0.2, 0) is 20.6 Å². The molecule has 2 saturated heterocycles. The molecule has 2 aliphatic rings. The van der Waals surface area contributed by atoms with Gasteiger partial charge in [0.1, 0.15) is 18.6 Å². The zero-order chi connectivity index (χ0) is 20.0. The highest BCUT2D eigenvalue weighted by atomic mass is 32.2. The van der Waals surface area contributed by atoms with Crippen LogP contribution in [0.1, 0.15) is 25.5 Å². The summed E-state index contributed by atoms with van der Waals surface area (Å²) in [6.07, 6.45) is 3.48. The number of sulfonamides is 1. The molecule has 0 unspecified atom stereocenters. The molecule has 0 spiro atoms. The largest absolute Gasteiger partial charge is 0.364 e. The summed E-state index contributed by atoms with van der Waals surface area (Å²) in [5.74, 6) is 0.535. The summed E-state index contributed by atoms with van der Waals surface area (Å²) in [5.41, 5.74) is 0.401. The van der Waals surface area contributed by atoms with E-state index in [-0.39, 0.29) is 18.2 Å². The first-order chi connectivity index (χ1) is 13.5. The van der Waals surface area contributed by atoms with E-state index >= 15 is 0 Å². The van der Waals surface area contributed by atoms with Crippen LogP contribution in [0.25, 0.3) is 0 Å². The molecule has 2 fully saturated rings. The summed E-state index contributed by atoms with van der Waals surface area (Å²) in [6, 6.07) is 1.56. The molecular formula is C17H28N6O4S. The van der Waals surface area contributed by atoms with Crippen LogP contribution in [0.5, 0.6) is 0 Å². The molecule has 156 valence electrons. The van der Waals surface area contributed by atoms with E-state index in [0.717, 1.165) is 25.9 Å². The van der Waals surface area contributed by atoms with Gasteiger partial charge in [-0.1, -0.05) is 5.16 Å². The number of likely N-dealkylation sites (tertiary alicyclic amines) is 1. The Morgan fingerprint density at radius 2 is 1.89 bits per heavy atom. The normalized spacial score (nSPS) is 19.2. The molecule has 1 aromatic heterocycles. The maximum atomic E-state index is 12.5. The van der Waals surface area contributed by atoms with Crippen molar-refractivity contribution in [2.45, 2.75) is 25.5 Å². The predicted molar refractivity (Wildman–Crippen MR) is 104 cm³/mol. The third-order valence-corrected chi connectivity index (χ3v) is 6.72. The van der Waals surface area contributed by atoms with Gasteiger partial charge in [-0.25, -0.2) is 13.4 Å². The van der Waals surface area contributed by atoms with Crippen molar-refractivity contribution in [3.8, 4) is 0 Å². The average molecular weight is 413 g/mol. The summed E-state index contributed by atoms with van der Waals surface area (Å²) in [5, 5.41) is 6.88. The third kappa shape index (κ3) is 5.22. The Bertz CT molecular complexity index is 766. The van der Waals surface area contributed by atoms with Gasteiger partial charge >= 0.3 is 0 Å². The summed E-state index contributed by atoms with van der Waals surface area (Å²) in [4.78, 5) is 20.6. The second-order valence-corrected chi connectivity index (χ2v) is 8.86. The molecule has 0 atom stereocenters. The van der Waals surface area contributed by atoms with Crippen molar-refractivity contribution in [2.24, 2.45) is 4.99 Å². The molecule has 11 heteroatoms. The number of nitrogens with one attached hydrogen (secondary N) is 1. The summed E-state index contributed by atoms with van der Waals surface area (Å²) in [6.45, 7) is 6.16. The fourth-order valence-corrected chi connectivity index (χ4v) is 4.83. The molecule has 0 saturated carbocycles. The van der Waals surface area contributed by atoms with Gasteiger partial charge in [0, 0.05) is 51.9 Å². The number of hydrogen-bond donors (Lipinski definition) is 1. The zero-order valence-electron chi connectivity index (χ0n) is 16.2. The Morgan fingerprint density at radius 1 is 1.18 bits per heavy atom. The molecule has 3 rings (SSSR count). The average Bonchev–Trinajstić information content (AvgIpc) is 3.39. The third-order valence-electron chi connectivity index (χ3n) is 4.91. The van der Waals surface area contributed by atoms with Gasteiger partial charge in [0.2, 0.25) is 15.9 Å². The number of aliphatic imine (C=N–C) groups is 1. The number of carbonyl (C=O) groups is 1. The molecule has 3 heterocycles. The molecule has 0 aromatic carbocycles. The number of guanidine groups is 1. The Labute approximate surface area is 165 Å². The topological polar surface area (TPSA) is 111 Å². The standard InChI is InChI=1S/C17H28N6O4S/c1-2-18-17(19-13-16(24)21-6-3-4-7-21)22-8-10-23(11-9-22)28(25,26)14-15-5-12-27-20-15/h5,12H,2-4,6-11,13-14H2,1H3,(H,18,19). The number of rotatable bonds is 6. The lowest BCUT2D eigenvalue weighted by atomic mass is 10.4. The van der Waals surface area contributed by atoms with Gasteiger partial charge in [-0.2, -0.15) is 4.31 Å². The van der Waals surface area contributed by atoms with Crippen LogP contribution in [0.2, 0.25) is 0 Å². The van der Waals surface area contributed by atoms with Crippen molar-refractivity contribution < 1.29 is 17.7 Å². The number of carbonyl (C=O) groups excluding carboxylic acids is 1. The minimum absolute atomic E-state index is 0.0433. The quantitative estimate of drug-likeness (QED) is 0.505. The van der Waals surface area contributed by atoms with Gasteiger partial charge in [-0.3, -0.25) is 4.79 Å². The van der Waals surface area contributed by atoms with E-state index in [2.05, 4.69) is 15.5 Å². The number of hydrogen-bond acceptors (Lipinski definition) is 6. The molecule has 10 nitrogen and oxygen atoms in total. The molecule has 2 aliphatic heterocycles. The van der Waals surface area contributed by atoms with Gasteiger partial charge in [-0.15, -0.1) is 0 Å². The lowest BCUT2D eigenvalue weighted by molar-refractivity contribution is -0.128. The molecule has 0 bridgehead atoms. The smallest absolute Gasteiger partial charge is 0.244 e. The van der Waals surface area contributed by atoms with Gasteiger partial charge in [0.25, 0.3) is 0 Å². The maximum absolute atomic E-state index is 12.5. The van der Waals surface area contributed by atoms with Crippen LogP contribution in [0, 0.1) is 0 Å². The van der Waals surface area contributed by atoms with Crippen molar-refractivity contribution in [3.63, 3.8) is 0 Å². The van der Waals surface area contributed by atoms with Crippen molar-refractivity contribution in [1.82, 2.24) is 24.6 Å². The fourth-order valence-electron chi connectivity index (χ4n) is 3.40. The lowest BCUT2D eigenvalue weighted by Crippen LogP contribution is -2.54. The Balaban J connectivity index is 1.56. The van der Waals surface area contributed by atoms with E-state index < -0.39 is 10.0 Å². The Hall–Kier alpha value is -2.14. The molecular weight excluding hydrogens is 384 g/mol. The minimum Gasteiger partial charge on any atom is -0.364 e. The highest BCUT2D eigenvalue weighted by Gasteiger charge is 2.29. The molecule has 0 radical (unpaired) electrons. The lowest BCUT2D eigenvalue weighted by Gasteiger charge is -2.35. The van der Waals surface area contributed by atoms with Gasteiger partial charge in [-0.05, 0) is 19.8 Å². The maximum Gasteiger partial charge on any atom is 0.244 e. The first kappa shape index (κ1) is 20.6. The van der Waals surface area contributed by atoms with Crippen LogP contribution < -0.4 is 5.32 Å². The molecule has 28 heavy (non-hydrogen) atoms. The van der Waals surface area contributed by atoms with E-state index in [1.807, 2.05) is 16.7 Å². The van der Waals surface area contributed by atoms with Crippen molar-refractivity contribution in [2.75, 3.05) is 52.4 Å². The van der Waals surface area contributed by atoms with Crippen LogP contribution in [0.15, 0.2) is 21.8 Å². The molecule has 1 N–H and O–H groups in total. The van der Waals surface area contributed by atoms with E-state index in [9.17, 15) is 13.2 Å². The van der Waals surface area contributed by atoms with Gasteiger partial charge in [0.15, 0.2) is 5.96 Å². The second-order valence-electron chi connectivity index (χ2n) is 6.89. The number of amides is 1. The number of nitrogens with zero attached hydrogens (tertiary/aromatic N) is 5. The monoisotopic (exact) mass is 412 g/mol. The van der Waals surface area contributed by atoms with Gasteiger partial charge < -0.3 is 19.6 Å². The van der Waals surface area contributed by atoms with Crippen LogP contribution in [-0.4, -0.2) is 91.9 Å². The van der Waals surface area contributed by atoms with E-state index in [0.29, 0.717) is 44.4 Å². The van der Waals surface area contributed by atoms with Crippen molar-refractivity contribution in [3.05, 3.63) is 18.0 Å². The Morgan fingerprint density at radius 3 is 2.50 bits per heavy atom. The summed E-state index contributed by atoms with van der Waals surface area (Å²) >= 11 is 0. The Kier molecular flexibility index (Phi) is 6.89. The molecule has 1 amide bonds. The summed E-state index contributed by atoms with van der Waals surface area (Å²) in [7, 11) is -3.44. The number of aromatic nitrogens is 1. The van der Waals surface area contributed by atoms with Crippen LogP contribution >= 0.6 is 0 Å². The molecule has 1 aromatic rings. The second kappa shape index (κ2) is 9.37. The molecule has 0 aliphatic carbocycles. The van der Waals surface area contributed by atoms with Crippen LogP contribution in [0.4, 0.5) is 0 Å². The van der Waals surface area contributed by atoms with Gasteiger partial charge in [0.05, 0.1) is 5.69 Å².